The first kappa shape index (κ1) is 14.8. The Labute approximate surface area is 122 Å². The van der Waals surface area contributed by atoms with Gasteiger partial charge in [-0.05, 0) is 37.5 Å². The summed E-state index contributed by atoms with van der Waals surface area (Å²) in [6.07, 6.45) is 3.44. The second-order valence-electron chi connectivity index (χ2n) is 5.11. The van der Waals surface area contributed by atoms with Gasteiger partial charge in [-0.3, -0.25) is 4.79 Å². The number of carboxylic acids is 1. The Bertz CT molecular complexity index is 533. The molecule has 0 saturated heterocycles. The molecule has 4 N–H and O–H groups in total. The van der Waals surface area contributed by atoms with Crippen LogP contribution in [0, 0.1) is 5.92 Å². The van der Waals surface area contributed by atoms with Crippen LogP contribution in [-0.4, -0.2) is 23.0 Å². The number of hydrogen-bond donors (Lipinski definition) is 3. The summed E-state index contributed by atoms with van der Waals surface area (Å²) >= 11 is 5.86. The Hall–Kier alpha value is -1.59. The maximum absolute atomic E-state index is 12.1. The van der Waals surface area contributed by atoms with E-state index in [1.807, 2.05) is 0 Å². The summed E-state index contributed by atoms with van der Waals surface area (Å²) in [5.74, 6) is -1.26. The monoisotopic (exact) mass is 296 g/mol. The Kier molecular flexibility index (Phi) is 4.62. The van der Waals surface area contributed by atoms with E-state index in [-0.39, 0.29) is 28.5 Å². The minimum atomic E-state index is -1.09. The van der Waals surface area contributed by atoms with Crippen molar-refractivity contribution >= 4 is 29.2 Å². The van der Waals surface area contributed by atoms with Crippen molar-refractivity contribution in [2.75, 3.05) is 5.32 Å². The van der Waals surface area contributed by atoms with Crippen LogP contribution in [0.3, 0.4) is 0 Å². The Balaban J connectivity index is 2.04. The molecule has 5 nitrogen and oxygen atoms in total. The molecule has 2 unspecified atom stereocenters. The van der Waals surface area contributed by atoms with E-state index >= 15 is 0 Å². The first-order valence-electron chi connectivity index (χ1n) is 6.56. The summed E-state index contributed by atoms with van der Waals surface area (Å²) in [6, 6.07) is 4.45. The van der Waals surface area contributed by atoms with Crippen LogP contribution < -0.4 is 11.1 Å². The zero-order chi connectivity index (χ0) is 14.7. The fraction of sp³-hybridized carbons (Fsp3) is 0.429. The molecule has 6 heteroatoms. The number of halogens is 1. The van der Waals surface area contributed by atoms with Crippen LogP contribution in [0.4, 0.5) is 5.69 Å². The number of amides is 1. The predicted molar refractivity (Wildman–Crippen MR) is 77.0 cm³/mol. The highest BCUT2D eigenvalue weighted by Gasteiger charge is 2.25. The van der Waals surface area contributed by atoms with E-state index in [0.717, 1.165) is 19.3 Å². The lowest BCUT2D eigenvalue weighted by Gasteiger charge is -2.25. The van der Waals surface area contributed by atoms with E-state index in [0.29, 0.717) is 12.1 Å². The lowest BCUT2D eigenvalue weighted by atomic mass is 9.85. The molecule has 1 aliphatic carbocycles. The number of anilines is 1. The number of carbonyl (C=O) groups excluding carboxylic acids is 1. The smallest absolute Gasteiger partial charge is 0.337 e. The lowest BCUT2D eigenvalue weighted by Crippen LogP contribution is -2.34. The molecule has 0 spiro atoms. The number of aromatic carboxylic acids is 1. The molecule has 1 aromatic rings. The van der Waals surface area contributed by atoms with Crippen molar-refractivity contribution in [2.45, 2.75) is 31.7 Å². The molecule has 0 aliphatic heterocycles. The minimum absolute atomic E-state index is 0.0179. The average Bonchev–Trinajstić information content (AvgIpc) is 2.38. The highest BCUT2D eigenvalue weighted by Crippen LogP contribution is 2.26. The first-order valence-corrected chi connectivity index (χ1v) is 6.94. The number of benzene rings is 1. The fourth-order valence-corrected chi connectivity index (χ4v) is 2.74. The largest absolute Gasteiger partial charge is 0.478 e. The molecule has 0 radical (unpaired) electrons. The minimum Gasteiger partial charge on any atom is -0.478 e. The zero-order valence-electron chi connectivity index (χ0n) is 10.9. The second kappa shape index (κ2) is 6.24. The Morgan fingerprint density at radius 1 is 1.35 bits per heavy atom. The summed E-state index contributed by atoms with van der Waals surface area (Å²) in [6.45, 7) is 0. The van der Waals surface area contributed by atoms with Crippen LogP contribution in [0.15, 0.2) is 18.2 Å². The molecule has 1 aromatic carbocycles. The summed E-state index contributed by atoms with van der Waals surface area (Å²) in [7, 11) is 0. The normalized spacial score (nSPS) is 22.3. The van der Waals surface area contributed by atoms with Crippen LogP contribution >= 0.6 is 11.6 Å². The van der Waals surface area contributed by atoms with Crippen molar-refractivity contribution in [1.82, 2.24) is 0 Å². The number of carboxylic acid groups (broad SMARTS) is 1. The highest BCUT2D eigenvalue weighted by atomic mass is 35.5. The molecular weight excluding hydrogens is 280 g/mol. The zero-order valence-corrected chi connectivity index (χ0v) is 11.7. The van der Waals surface area contributed by atoms with Crippen LogP contribution in [0.2, 0.25) is 5.02 Å². The van der Waals surface area contributed by atoms with Gasteiger partial charge in [0.15, 0.2) is 0 Å². The number of nitrogens with two attached hydrogens (primary N) is 1. The number of carbonyl (C=O) groups is 2. The maximum Gasteiger partial charge on any atom is 0.337 e. The van der Waals surface area contributed by atoms with Gasteiger partial charge in [0.05, 0.1) is 10.6 Å². The third-order valence-electron chi connectivity index (χ3n) is 3.55. The number of nitrogens with one attached hydrogen (secondary N) is 1. The van der Waals surface area contributed by atoms with Gasteiger partial charge in [0.2, 0.25) is 5.91 Å². The third-order valence-corrected chi connectivity index (χ3v) is 3.87. The molecule has 2 atom stereocenters. The predicted octanol–water partition coefficient (Wildman–Crippen LogP) is 2.49. The van der Waals surface area contributed by atoms with Crippen molar-refractivity contribution in [1.29, 1.82) is 0 Å². The van der Waals surface area contributed by atoms with E-state index in [4.69, 9.17) is 22.4 Å². The second-order valence-corrected chi connectivity index (χ2v) is 5.52. The van der Waals surface area contributed by atoms with Gasteiger partial charge in [-0.2, -0.15) is 0 Å². The Morgan fingerprint density at radius 3 is 2.70 bits per heavy atom. The van der Waals surface area contributed by atoms with Crippen LogP contribution in [0.5, 0.6) is 0 Å². The summed E-state index contributed by atoms with van der Waals surface area (Å²) in [4.78, 5) is 23.0. The summed E-state index contributed by atoms with van der Waals surface area (Å²) < 4.78 is 0. The maximum atomic E-state index is 12.1. The van der Waals surface area contributed by atoms with Gasteiger partial charge < -0.3 is 16.2 Å². The van der Waals surface area contributed by atoms with E-state index in [1.54, 1.807) is 0 Å². The standard InChI is InChI=1S/C14H17ClN2O3/c15-12-7-10(4-5-11(12)14(19)20)17-13(18)8-2-1-3-9(16)6-8/h4-5,7-9H,1-3,6,16H2,(H,17,18)(H,19,20). The van der Waals surface area contributed by atoms with E-state index in [9.17, 15) is 9.59 Å². The molecule has 0 aromatic heterocycles. The van der Waals surface area contributed by atoms with Crippen molar-refractivity contribution in [3.8, 4) is 0 Å². The van der Waals surface area contributed by atoms with Crippen LogP contribution in [-0.2, 0) is 4.79 Å². The van der Waals surface area contributed by atoms with Crippen molar-refractivity contribution in [2.24, 2.45) is 11.7 Å². The highest BCUT2D eigenvalue weighted by molar-refractivity contribution is 6.33. The van der Waals surface area contributed by atoms with Gasteiger partial charge in [0, 0.05) is 17.6 Å². The quantitative estimate of drug-likeness (QED) is 0.799. The molecule has 0 heterocycles. The molecule has 1 aliphatic rings. The van der Waals surface area contributed by atoms with Crippen molar-refractivity contribution in [3.05, 3.63) is 28.8 Å². The van der Waals surface area contributed by atoms with Crippen LogP contribution in [0.1, 0.15) is 36.0 Å². The molecule has 20 heavy (non-hydrogen) atoms. The van der Waals surface area contributed by atoms with Gasteiger partial charge in [-0.15, -0.1) is 0 Å². The van der Waals surface area contributed by atoms with E-state index < -0.39 is 5.97 Å². The summed E-state index contributed by atoms with van der Waals surface area (Å²) in [5, 5.41) is 11.8. The fourth-order valence-electron chi connectivity index (χ4n) is 2.48. The SMILES string of the molecule is NC1CCCC(C(=O)Nc2ccc(C(=O)O)c(Cl)c2)C1. The van der Waals surface area contributed by atoms with Gasteiger partial charge in [-0.1, -0.05) is 18.0 Å². The Morgan fingerprint density at radius 2 is 2.10 bits per heavy atom. The van der Waals surface area contributed by atoms with E-state index in [2.05, 4.69) is 5.32 Å². The van der Waals surface area contributed by atoms with Gasteiger partial charge in [-0.25, -0.2) is 4.79 Å². The van der Waals surface area contributed by atoms with Gasteiger partial charge in [0.1, 0.15) is 0 Å². The van der Waals surface area contributed by atoms with Crippen LogP contribution in [0.25, 0.3) is 0 Å². The topological polar surface area (TPSA) is 92.4 Å². The van der Waals surface area contributed by atoms with E-state index in [1.165, 1.54) is 18.2 Å². The first-order chi connectivity index (χ1) is 9.47. The number of rotatable bonds is 3. The molecular formula is C14H17ClN2O3. The molecule has 2 rings (SSSR count). The average molecular weight is 297 g/mol. The third kappa shape index (κ3) is 3.49. The molecule has 108 valence electrons. The molecule has 1 amide bonds. The molecule has 1 fully saturated rings. The number of hydrogen-bond acceptors (Lipinski definition) is 3. The molecule has 1 saturated carbocycles. The van der Waals surface area contributed by atoms with Crippen molar-refractivity contribution in [3.63, 3.8) is 0 Å². The van der Waals surface area contributed by atoms with Gasteiger partial charge >= 0.3 is 5.97 Å². The van der Waals surface area contributed by atoms with Crippen molar-refractivity contribution < 1.29 is 14.7 Å². The van der Waals surface area contributed by atoms with Gasteiger partial charge in [0.25, 0.3) is 0 Å². The lowest BCUT2D eigenvalue weighted by molar-refractivity contribution is -0.120. The molecule has 0 bridgehead atoms. The summed E-state index contributed by atoms with van der Waals surface area (Å²) in [5.41, 5.74) is 6.39.